The highest BCUT2D eigenvalue weighted by Crippen LogP contribution is 2.46. The monoisotopic (exact) mass is 376 g/mol. The molecule has 1 aliphatic heterocycles. The second-order valence-electron chi connectivity index (χ2n) is 6.16. The van der Waals surface area contributed by atoms with Gasteiger partial charge < -0.3 is 24.4 Å². The van der Waals surface area contributed by atoms with Gasteiger partial charge in [0.1, 0.15) is 28.7 Å². The molecule has 0 radical (unpaired) electrons. The molecule has 3 aromatic rings. The maximum atomic E-state index is 12.9. The van der Waals surface area contributed by atoms with Gasteiger partial charge in [0.05, 0.1) is 31.1 Å². The Morgan fingerprint density at radius 2 is 1.93 bits per heavy atom. The van der Waals surface area contributed by atoms with Gasteiger partial charge in [0.2, 0.25) is 5.88 Å². The van der Waals surface area contributed by atoms with Gasteiger partial charge in [-0.1, -0.05) is 12.1 Å². The predicted molar refractivity (Wildman–Crippen MR) is 101 cm³/mol. The fourth-order valence-electron chi connectivity index (χ4n) is 3.44. The number of ether oxygens (including phenoxy) is 3. The van der Waals surface area contributed by atoms with Crippen molar-refractivity contribution in [3.8, 4) is 23.3 Å². The minimum atomic E-state index is -0.820. The quantitative estimate of drug-likeness (QED) is 0.700. The number of nitrogens with zero attached hydrogens (tertiary/aromatic N) is 1. The standard InChI is InChI=1S/C21H16N2O5/c1-25-11-7-8-15(26-2)13(9-11)17-14(10-22)20(23)28-19-12-5-3-4-6-16(12)27-21(24)18(17)19/h3-9,17H,23H2,1-2H3/t17-/m1/s1. The highest BCUT2D eigenvalue weighted by atomic mass is 16.5. The van der Waals surface area contributed by atoms with Crippen LogP contribution in [0.3, 0.4) is 0 Å². The Balaban J connectivity index is 2.10. The zero-order valence-electron chi connectivity index (χ0n) is 15.2. The highest BCUT2D eigenvalue weighted by Gasteiger charge is 2.37. The molecule has 2 aromatic carbocycles. The number of methoxy groups -OCH3 is 2. The van der Waals surface area contributed by atoms with Crippen LogP contribution in [0.1, 0.15) is 17.0 Å². The summed E-state index contributed by atoms with van der Waals surface area (Å²) < 4.78 is 22.0. The van der Waals surface area contributed by atoms with E-state index in [0.717, 1.165) is 0 Å². The fraction of sp³-hybridized carbons (Fsp3) is 0.143. The number of rotatable bonds is 3. The van der Waals surface area contributed by atoms with E-state index >= 15 is 0 Å². The number of fused-ring (bicyclic) bond motifs is 3. The van der Waals surface area contributed by atoms with Crippen LogP contribution in [0.15, 0.2) is 63.1 Å². The van der Waals surface area contributed by atoms with Crippen LogP contribution >= 0.6 is 0 Å². The molecule has 2 heterocycles. The normalized spacial score (nSPS) is 15.5. The number of para-hydroxylation sites is 1. The number of nitrogens with two attached hydrogens (primary N) is 1. The Kier molecular flexibility index (Phi) is 4.17. The minimum absolute atomic E-state index is 0.0689. The van der Waals surface area contributed by atoms with Gasteiger partial charge in [0.25, 0.3) is 0 Å². The van der Waals surface area contributed by atoms with Crippen molar-refractivity contribution in [1.82, 2.24) is 0 Å². The Morgan fingerprint density at radius 1 is 1.14 bits per heavy atom. The van der Waals surface area contributed by atoms with Crippen molar-refractivity contribution in [2.24, 2.45) is 5.73 Å². The lowest BCUT2D eigenvalue weighted by molar-refractivity contribution is 0.379. The average Bonchev–Trinajstić information content (AvgIpc) is 2.72. The van der Waals surface area contributed by atoms with Crippen LogP contribution in [0.25, 0.3) is 11.0 Å². The molecule has 7 nitrogen and oxygen atoms in total. The van der Waals surface area contributed by atoms with E-state index in [1.165, 1.54) is 14.2 Å². The van der Waals surface area contributed by atoms with Crippen molar-refractivity contribution in [1.29, 1.82) is 5.26 Å². The molecule has 0 saturated heterocycles. The average molecular weight is 376 g/mol. The van der Waals surface area contributed by atoms with Crippen LogP contribution in [-0.2, 0) is 0 Å². The van der Waals surface area contributed by atoms with Crippen LogP contribution < -0.4 is 25.6 Å². The third-order valence-corrected chi connectivity index (χ3v) is 4.72. The smallest absolute Gasteiger partial charge is 0.344 e. The van der Waals surface area contributed by atoms with Crippen molar-refractivity contribution in [3.63, 3.8) is 0 Å². The molecule has 7 heteroatoms. The van der Waals surface area contributed by atoms with Crippen molar-refractivity contribution >= 4 is 11.0 Å². The van der Waals surface area contributed by atoms with Crippen LogP contribution in [0.2, 0.25) is 0 Å². The maximum absolute atomic E-state index is 12.9. The molecular weight excluding hydrogens is 360 g/mol. The first kappa shape index (κ1) is 17.5. The Morgan fingerprint density at radius 3 is 2.64 bits per heavy atom. The van der Waals surface area contributed by atoms with Gasteiger partial charge in [-0.05, 0) is 30.3 Å². The maximum Gasteiger partial charge on any atom is 0.344 e. The fourth-order valence-corrected chi connectivity index (χ4v) is 3.44. The molecule has 1 atom stereocenters. The third kappa shape index (κ3) is 2.55. The van der Waals surface area contributed by atoms with Crippen molar-refractivity contribution in [3.05, 3.63) is 75.5 Å². The van der Waals surface area contributed by atoms with E-state index in [9.17, 15) is 10.1 Å². The summed E-state index contributed by atoms with van der Waals surface area (Å²) in [6.07, 6.45) is 0. The van der Waals surface area contributed by atoms with E-state index in [-0.39, 0.29) is 22.8 Å². The van der Waals surface area contributed by atoms with E-state index in [1.54, 1.807) is 42.5 Å². The van der Waals surface area contributed by atoms with E-state index in [2.05, 4.69) is 6.07 Å². The molecule has 140 valence electrons. The summed E-state index contributed by atoms with van der Waals surface area (Å²) >= 11 is 0. The minimum Gasteiger partial charge on any atom is -0.497 e. The van der Waals surface area contributed by atoms with Crippen LogP contribution in [0, 0.1) is 11.3 Å². The second-order valence-corrected chi connectivity index (χ2v) is 6.16. The Labute approximate surface area is 160 Å². The first-order valence-corrected chi connectivity index (χ1v) is 8.44. The summed E-state index contributed by atoms with van der Waals surface area (Å²) in [5, 5.41) is 10.3. The summed E-state index contributed by atoms with van der Waals surface area (Å²) in [6, 6.07) is 14.2. The van der Waals surface area contributed by atoms with Crippen LogP contribution in [0.4, 0.5) is 0 Å². The SMILES string of the molecule is COc1ccc(OC)c([C@@H]2C(C#N)=C(N)Oc3c2c(=O)oc2ccccc32)c1. The summed E-state index contributed by atoms with van der Waals surface area (Å²) in [5.74, 6) is 0.412. The summed E-state index contributed by atoms with van der Waals surface area (Å²) in [7, 11) is 3.04. The molecule has 28 heavy (non-hydrogen) atoms. The topological polar surface area (TPSA) is 108 Å². The molecular formula is C21H16N2O5. The lowest BCUT2D eigenvalue weighted by Crippen LogP contribution is -2.26. The zero-order valence-corrected chi connectivity index (χ0v) is 15.2. The van der Waals surface area contributed by atoms with Crippen molar-refractivity contribution in [2.45, 2.75) is 5.92 Å². The Hall–Kier alpha value is -3.92. The Bertz CT molecular complexity index is 1220. The van der Waals surface area contributed by atoms with Crippen molar-refractivity contribution in [2.75, 3.05) is 14.2 Å². The van der Waals surface area contributed by atoms with E-state index < -0.39 is 11.5 Å². The van der Waals surface area contributed by atoms with Crippen LogP contribution in [0.5, 0.6) is 17.2 Å². The van der Waals surface area contributed by atoms with Gasteiger partial charge in [-0.3, -0.25) is 0 Å². The van der Waals surface area contributed by atoms with Gasteiger partial charge >= 0.3 is 5.63 Å². The molecule has 0 saturated carbocycles. The summed E-state index contributed by atoms with van der Waals surface area (Å²) in [6.45, 7) is 0. The van der Waals surface area contributed by atoms with E-state index in [4.69, 9.17) is 24.4 Å². The van der Waals surface area contributed by atoms with Gasteiger partial charge in [-0.15, -0.1) is 0 Å². The number of hydrogen-bond donors (Lipinski definition) is 1. The number of hydrogen-bond acceptors (Lipinski definition) is 7. The van der Waals surface area contributed by atoms with Gasteiger partial charge in [0, 0.05) is 5.56 Å². The molecule has 0 spiro atoms. The number of allylic oxidation sites excluding steroid dienone is 1. The molecule has 1 aromatic heterocycles. The largest absolute Gasteiger partial charge is 0.497 e. The van der Waals surface area contributed by atoms with Gasteiger partial charge in [-0.2, -0.15) is 5.26 Å². The van der Waals surface area contributed by atoms with Crippen molar-refractivity contribution < 1.29 is 18.6 Å². The predicted octanol–water partition coefficient (Wildman–Crippen LogP) is 3.03. The molecule has 1 aliphatic rings. The van der Waals surface area contributed by atoms with Gasteiger partial charge in [0.15, 0.2) is 5.75 Å². The number of nitriles is 1. The molecule has 2 N–H and O–H groups in total. The number of benzene rings is 2. The first-order valence-electron chi connectivity index (χ1n) is 8.44. The summed E-state index contributed by atoms with van der Waals surface area (Å²) in [4.78, 5) is 12.9. The van der Waals surface area contributed by atoms with Gasteiger partial charge in [-0.25, -0.2) is 4.79 Å². The van der Waals surface area contributed by atoms with E-state index in [1.807, 2.05) is 0 Å². The molecule has 0 bridgehead atoms. The molecule has 4 rings (SSSR count). The third-order valence-electron chi connectivity index (χ3n) is 4.72. The van der Waals surface area contributed by atoms with Crippen LogP contribution in [-0.4, -0.2) is 14.2 Å². The molecule has 0 aliphatic carbocycles. The molecule has 0 amide bonds. The highest BCUT2D eigenvalue weighted by molar-refractivity contribution is 5.86. The lowest BCUT2D eigenvalue weighted by atomic mass is 9.83. The lowest BCUT2D eigenvalue weighted by Gasteiger charge is -2.27. The zero-order chi connectivity index (χ0) is 19.8. The van der Waals surface area contributed by atoms with E-state index in [0.29, 0.717) is 28.0 Å². The molecule has 0 unspecified atom stereocenters. The molecule has 0 fully saturated rings. The summed E-state index contributed by atoms with van der Waals surface area (Å²) in [5.41, 5.74) is 6.67. The first-order chi connectivity index (χ1) is 13.6. The second kappa shape index (κ2) is 6.67.